The number of aliphatic hydroxyl groups excluding tert-OH is 1. The molecule has 5 nitrogen and oxygen atoms in total. The summed E-state index contributed by atoms with van der Waals surface area (Å²) in [7, 11) is 0. The van der Waals surface area contributed by atoms with Gasteiger partial charge in [-0.15, -0.1) is 5.10 Å². The van der Waals surface area contributed by atoms with Gasteiger partial charge >= 0.3 is 0 Å². The van der Waals surface area contributed by atoms with Gasteiger partial charge in [-0.25, -0.2) is 0 Å². The van der Waals surface area contributed by atoms with Crippen molar-refractivity contribution in [2.75, 3.05) is 5.32 Å². The van der Waals surface area contributed by atoms with E-state index in [0.29, 0.717) is 11.4 Å². The Kier molecular flexibility index (Phi) is 3.23. The van der Waals surface area contributed by atoms with Crippen molar-refractivity contribution in [1.29, 1.82) is 0 Å². The lowest BCUT2D eigenvalue weighted by Crippen LogP contribution is -2.12. The molecule has 0 spiro atoms. The predicted molar refractivity (Wildman–Crippen MR) is 60.2 cm³/mol. The number of nitrogens with one attached hydrogen (secondary N) is 1. The van der Waals surface area contributed by atoms with E-state index in [1.165, 1.54) is 0 Å². The summed E-state index contributed by atoms with van der Waals surface area (Å²) in [5.74, 6) is -0.287. The molecular formula is C10H9N3O2S. The van der Waals surface area contributed by atoms with Gasteiger partial charge in [-0.3, -0.25) is 4.79 Å². The third kappa shape index (κ3) is 2.41. The van der Waals surface area contributed by atoms with Crippen LogP contribution in [0.3, 0.4) is 0 Å². The van der Waals surface area contributed by atoms with Crippen LogP contribution in [0.2, 0.25) is 0 Å². The molecule has 6 heteroatoms. The van der Waals surface area contributed by atoms with Crippen molar-refractivity contribution in [3.05, 3.63) is 40.9 Å². The van der Waals surface area contributed by atoms with E-state index in [9.17, 15) is 4.79 Å². The molecule has 1 aromatic heterocycles. The van der Waals surface area contributed by atoms with Gasteiger partial charge in [0.1, 0.15) is 0 Å². The van der Waals surface area contributed by atoms with Crippen LogP contribution in [0, 0.1) is 0 Å². The van der Waals surface area contributed by atoms with Crippen LogP contribution >= 0.6 is 11.5 Å². The topological polar surface area (TPSA) is 75.1 Å². The average molecular weight is 235 g/mol. The summed E-state index contributed by atoms with van der Waals surface area (Å²) in [6.07, 6.45) is 0. The third-order valence-corrected chi connectivity index (χ3v) is 2.49. The minimum atomic E-state index is -0.287. The van der Waals surface area contributed by atoms with Crippen molar-refractivity contribution in [1.82, 2.24) is 9.59 Å². The summed E-state index contributed by atoms with van der Waals surface area (Å²) >= 11 is 1.13. The molecule has 16 heavy (non-hydrogen) atoms. The third-order valence-electron chi connectivity index (χ3n) is 1.99. The molecule has 0 radical (unpaired) electrons. The maximum absolute atomic E-state index is 11.6. The van der Waals surface area contributed by atoms with E-state index < -0.39 is 0 Å². The predicted octanol–water partition coefficient (Wildman–Crippen LogP) is 1.28. The molecule has 1 heterocycles. The highest BCUT2D eigenvalue weighted by Crippen LogP contribution is 2.10. The first-order valence-corrected chi connectivity index (χ1v) is 5.41. The monoisotopic (exact) mass is 235 g/mol. The molecule has 0 saturated carbocycles. The minimum Gasteiger partial charge on any atom is -0.392 e. The number of aromatic nitrogens is 2. The van der Waals surface area contributed by atoms with Crippen molar-refractivity contribution in [3.8, 4) is 0 Å². The van der Waals surface area contributed by atoms with E-state index in [1.54, 1.807) is 29.6 Å². The smallest absolute Gasteiger partial charge is 0.277 e. The van der Waals surface area contributed by atoms with Gasteiger partial charge in [0.2, 0.25) is 0 Å². The number of rotatable bonds is 3. The summed E-state index contributed by atoms with van der Waals surface area (Å²) in [5, 5.41) is 16.8. The van der Waals surface area contributed by atoms with Crippen LogP contribution < -0.4 is 5.32 Å². The molecule has 2 rings (SSSR count). The van der Waals surface area contributed by atoms with Gasteiger partial charge in [-0.2, -0.15) is 0 Å². The minimum absolute atomic E-state index is 0.00969. The molecule has 0 saturated heterocycles. The van der Waals surface area contributed by atoms with Crippen molar-refractivity contribution in [2.24, 2.45) is 0 Å². The lowest BCUT2D eigenvalue weighted by atomic mass is 10.2. The van der Waals surface area contributed by atoms with Gasteiger partial charge in [-0.05, 0) is 29.2 Å². The molecule has 0 unspecified atom stereocenters. The highest BCUT2D eigenvalue weighted by Gasteiger charge is 2.08. The Morgan fingerprint density at radius 1 is 1.38 bits per heavy atom. The van der Waals surface area contributed by atoms with Crippen molar-refractivity contribution in [3.63, 3.8) is 0 Å². The van der Waals surface area contributed by atoms with E-state index in [4.69, 9.17) is 5.11 Å². The second-order valence-electron chi connectivity index (χ2n) is 3.10. The normalized spacial score (nSPS) is 10.1. The number of carbonyl (C=O) groups is 1. The second-order valence-corrected chi connectivity index (χ2v) is 3.71. The fraction of sp³-hybridized carbons (Fsp3) is 0.100. The van der Waals surface area contributed by atoms with E-state index in [1.807, 2.05) is 0 Å². The number of aliphatic hydroxyl groups is 1. The number of carbonyl (C=O) groups excluding carboxylic acids is 1. The van der Waals surface area contributed by atoms with Crippen LogP contribution in [0.4, 0.5) is 5.69 Å². The molecule has 82 valence electrons. The highest BCUT2D eigenvalue weighted by atomic mass is 32.1. The molecule has 0 fully saturated rings. The first-order valence-electron chi connectivity index (χ1n) is 4.58. The maximum atomic E-state index is 11.6. The summed E-state index contributed by atoms with van der Waals surface area (Å²) < 4.78 is 3.61. The number of anilines is 1. The summed E-state index contributed by atoms with van der Waals surface area (Å²) in [6.45, 7) is -0.00969. The van der Waals surface area contributed by atoms with Gasteiger partial charge in [0, 0.05) is 11.1 Å². The summed E-state index contributed by atoms with van der Waals surface area (Å²) in [6, 6.07) is 6.94. The molecule has 1 aromatic carbocycles. The standard InChI is InChI=1S/C10H9N3O2S/c14-5-7-1-3-8(4-2-7)11-10(15)9-6-16-13-12-9/h1-4,6,14H,5H2,(H,11,15). The van der Waals surface area contributed by atoms with Crippen LogP contribution in [0.15, 0.2) is 29.6 Å². The van der Waals surface area contributed by atoms with E-state index in [-0.39, 0.29) is 12.5 Å². The Morgan fingerprint density at radius 2 is 2.12 bits per heavy atom. The van der Waals surface area contributed by atoms with Crippen LogP contribution in [0.5, 0.6) is 0 Å². The van der Waals surface area contributed by atoms with Gasteiger partial charge in [0.05, 0.1) is 6.61 Å². The number of hydrogen-bond acceptors (Lipinski definition) is 5. The lowest BCUT2D eigenvalue weighted by Gasteiger charge is -2.03. The SMILES string of the molecule is O=C(Nc1ccc(CO)cc1)c1csnn1. The molecule has 2 N–H and O–H groups in total. The Hall–Kier alpha value is -1.79. The van der Waals surface area contributed by atoms with E-state index in [2.05, 4.69) is 14.9 Å². The fourth-order valence-electron chi connectivity index (χ4n) is 1.15. The fourth-order valence-corrected chi connectivity index (χ4v) is 1.59. The molecule has 0 aliphatic heterocycles. The Morgan fingerprint density at radius 3 is 2.69 bits per heavy atom. The molecule has 2 aromatic rings. The van der Waals surface area contributed by atoms with Gasteiger partial charge in [0.15, 0.2) is 5.69 Å². The summed E-state index contributed by atoms with van der Waals surface area (Å²) in [4.78, 5) is 11.6. The van der Waals surface area contributed by atoms with Crippen LogP contribution in [-0.4, -0.2) is 20.6 Å². The van der Waals surface area contributed by atoms with Crippen molar-refractivity contribution in [2.45, 2.75) is 6.61 Å². The quantitative estimate of drug-likeness (QED) is 0.840. The number of amides is 1. The maximum Gasteiger partial charge on any atom is 0.277 e. The zero-order valence-electron chi connectivity index (χ0n) is 8.25. The van der Waals surface area contributed by atoms with Crippen LogP contribution in [-0.2, 0) is 6.61 Å². The van der Waals surface area contributed by atoms with E-state index in [0.717, 1.165) is 17.1 Å². The Balaban J connectivity index is 2.06. The molecule has 0 aliphatic rings. The first kappa shape index (κ1) is 10.7. The lowest BCUT2D eigenvalue weighted by molar-refractivity contribution is 0.102. The van der Waals surface area contributed by atoms with E-state index >= 15 is 0 Å². The second kappa shape index (κ2) is 4.82. The first-order chi connectivity index (χ1) is 7.79. The van der Waals surface area contributed by atoms with Gasteiger partial charge < -0.3 is 10.4 Å². The Bertz CT molecular complexity index is 467. The number of hydrogen-bond donors (Lipinski definition) is 2. The van der Waals surface area contributed by atoms with Crippen molar-refractivity contribution >= 4 is 23.1 Å². The molecule has 1 amide bonds. The molecule has 0 atom stereocenters. The molecule has 0 bridgehead atoms. The molecule has 0 aliphatic carbocycles. The number of benzene rings is 1. The Labute approximate surface area is 95.9 Å². The van der Waals surface area contributed by atoms with Crippen LogP contribution in [0.1, 0.15) is 16.1 Å². The van der Waals surface area contributed by atoms with Crippen LogP contribution in [0.25, 0.3) is 0 Å². The zero-order chi connectivity index (χ0) is 11.4. The summed E-state index contributed by atoms with van der Waals surface area (Å²) in [5.41, 5.74) is 1.76. The highest BCUT2D eigenvalue weighted by molar-refractivity contribution is 7.03. The zero-order valence-corrected chi connectivity index (χ0v) is 9.07. The largest absolute Gasteiger partial charge is 0.392 e. The van der Waals surface area contributed by atoms with Crippen molar-refractivity contribution < 1.29 is 9.90 Å². The van der Waals surface area contributed by atoms with Gasteiger partial charge in [-0.1, -0.05) is 16.6 Å². The average Bonchev–Trinajstić information content (AvgIpc) is 2.83. The van der Waals surface area contributed by atoms with Gasteiger partial charge in [0.25, 0.3) is 5.91 Å². The number of nitrogens with zero attached hydrogens (tertiary/aromatic N) is 2. The molecular weight excluding hydrogens is 226 g/mol.